The second-order valence-electron chi connectivity index (χ2n) is 7.17. The van der Waals surface area contributed by atoms with E-state index in [0.29, 0.717) is 11.4 Å². The highest BCUT2D eigenvalue weighted by atomic mass is 32.2. The van der Waals surface area contributed by atoms with Crippen LogP contribution in [0.5, 0.6) is 5.75 Å². The van der Waals surface area contributed by atoms with Gasteiger partial charge in [0.15, 0.2) is 0 Å². The minimum Gasteiger partial charge on any atom is -0.497 e. The number of rotatable bonds is 4. The average molecular weight is 423 g/mol. The van der Waals surface area contributed by atoms with E-state index in [9.17, 15) is 13.2 Å². The van der Waals surface area contributed by atoms with Crippen molar-refractivity contribution in [3.8, 4) is 5.75 Å². The van der Waals surface area contributed by atoms with Gasteiger partial charge < -0.3 is 4.74 Å². The lowest BCUT2D eigenvalue weighted by Gasteiger charge is -2.36. The van der Waals surface area contributed by atoms with Gasteiger partial charge in [0.1, 0.15) is 10.6 Å². The fourth-order valence-corrected chi connectivity index (χ4v) is 5.28. The number of fused-ring (bicyclic) bond motifs is 1. The van der Waals surface area contributed by atoms with E-state index in [-0.39, 0.29) is 17.1 Å². The second kappa shape index (κ2) is 7.50. The molecule has 0 saturated heterocycles. The molecule has 0 spiro atoms. The van der Waals surface area contributed by atoms with Crippen LogP contribution in [0, 0.1) is 13.8 Å². The summed E-state index contributed by atoms with van der Waals surface area (Å²) in [4.78, 5) is 15.2. The lowest BCUT2D eigenvalue weighted by atomic mass is 10.0. The van der Waals surface area contributed by atoms with Crippen molar-refractivity contribution in [2.24, 2.45) is 0 Å². The molecule has 2 amide bonds. The quantitative estimate of drug-likeness (QED) is 0.614. The van der Waals surface area contributed by atoms with Gasteiger partial charge in [-0.3, -0.25) is 4.90 Å². The molecule has 3 aromatic rings. The predicted octanol–water partition coefficient (Wildman–Crippen LogP) is 4.65. The summed E-state index contributed by atoms with van der Waals surface area (Å²) in [6.45, 7) is 4.25. The molecule has 0 radical (unpaired) electrons. The first-order valence-corrected chi connectivity index (χ1v) is 10.9. The van der Waals surface area contributed by atoms with Gasteiger partial charge in [-0.05, 0) is 66.9 Å². The van der Waals surface area contributed by atoms with Crippen LogP contribution in [-0.4, -0.2) is 21.6 Å². The maximum atomic E-state index is 13.5. The van der Waals surface area contributed by atoms with E-state index in [4.69, 9.17) is 4.74 Å². The summed E-state index contributed by atoms with van der Waals surface area (Å²) < 4.78 is 32.7. The third-order valence-corrected chi connectivity index (χ3v) is 7.10. The van der Waals surface area contributed by atoms with Gasteiger partial charge in [-0.25, -0.2) is 13.2 Å². The number of para-hydroxylation sites is 1. The number of carbonyl (C=O) groups excluding carboxylic acids is 1. The fraction of sp³-hybridized carbons (Fsp3) is 0.174. The van der Waals surface area contributed by atoms with E-state index in [1.54, 1.807) is 42.5 Å². The van der Waals surface area contributed by atoms with Crippen LogP contribution in [0.15, 0.2) is 71.6 Å². The van der Waals surface area contributed by atoms with Crippen LogP contribution in [0.4, 0.5) is 16.2 Å². The molecule has 3 aromatic carbocycles. The van der Waals surface area contributed by atoms with Crippen LogP contribution in [-0.2, 0) is 16.6 Å². The molecular formula is C23H22N2O4S. The van der Waals surface area contributed by atoms with Crippen LogP contribution in [0.1, 0.15) is 16.7 Å². The van der Waals surface area contributed by atoms with E-state index in [2.05, 4.69) is 0 Å². The highest BCUT2D eigenvalue weighted by Crippen LogP contribution is 2.38. The van der Waals surface area contributed by atoms with Gasteiger partial charge in [0, 0.05) is 0 Å². The van der Waals surface area contributed by atoms with Crippen molar-refractivity contribution in [3.05, 3.63) is 83.4 Å². The average Bonchev–Trinajstić information content (AvgIpc) is 2.73. The summed E-state index contributed by atoms with van der Waals surface area (Å²) in [7, 11) is -2.52. The molecule has 1 heterocycles. The Morgan fingerprint density at radius 3 is 2.13 bits per heavy atom. The van der Waals surface area contributed by atoms with Crippen molar-refractivity contribution in [1.29, 1.82) is 0 Å². The number of nitrogens with zero attached hydrogens (tertiary/aromatic N) is 2. The Kier molecular flexibility index (Phi) is 4.99. The normalized spacial score (nSPS) is 15.1. The van der Waals surface area contributed by atoms with Crippen molar-refractivity contribution >= 4 is 27.4 Å². The van der Waals surface area contributed by atoms with Gasteiger partial charge in [-0.2, -0.15) is 4.31 Å². The van der Waals surface area contributed by atoms with Gasteiger partial charge in [-0.15, -0.1) is 0 Å². The number of methoxy groups -OCH3 is 1. The first-order valence-electron chi connectivity index (χ1n) is 9.49. The summed E-state index contributed by atoms with van der Waals surface area (Å²) in [6.07, 6.45) is 0. The van der Waals surface area contributed by atoms with E-state index in [1.165, 1.54) is 18.1 Å². The molecule has 0 N–H and O–H groups in total. The number of carbonyl (C=O) groups is 1. The molecule has 1 aliphatic heterocycles. The number of amides is 2. The Hall–Kier alpha value is -3.32. The van der Waals surface area contributed by atoms with Crippen molar-refractivity contribution in [1.82, 2.24) is 0 Å². The molecule has 30 heavy (non-hydrogen) atoms. The van der Waals surface area contributed by atoms with Crippen LogP contribution in [0.25, 0.3) is 0 Å². The Balaban J connectivity index is 1.87. The Bertz CT molecular complexity index is 1200. The number of hydrogen-bond donors (Lipinski definition) is 0. The van der Waals surface area contributed by atoms with Gasteiger partial charge in [0.05, 0.1) is 25.0 Å². The summed E-state index contributed by atoms with van der Waals surface area (Å²) in [5.74, 6) is 0.577. The number of sulfonamides is 1. The largest absolute Gasteiger partial charge is 0.497 e. The summed E-state index contributed by atoms with van der Waals surface area (Å²) in [5, 5.41) is 0. The van der Waals surface area contributed by atoms with E-state index < -0.39 is 16.1 Å². The number of urea groups is 1. The highest BCUT2D eigenvalue weighted by Gasteiger charge is 2.42. The smallest absolute Gasteiger partial charge is 0.343 e. The van der Waals surface area contributed by atoms with Crippen molar-refractivity contribution < 1.29 is 17.9 Å². The SMILES string of the molecule is COc1ccc(N2C(=O)N(Cc3c(C)cccc3C)c3ccccc3S2(=O)=O)cc1. The molecule has 0 saturated carbocycles. The molecular weight excluding hydrogens is 400 g/mol. The van der Waals surface area contributed by atoms with E-state index >= 15 is 0 Å². The van der Waals surface area contributed by atoms with E-state index in [0.717, 1.165) is 21.0 Å². The molecule has 0 aliphatic carbocycles. The van der Waals surface area contributed by atoms with Gasteiger partial charge in [0.2, 0.25) is 0 Å². The summed E-state index contributed by atoms with van der Waals surface area (Å²) >= 11 is 0. The minimum atomic E-state index is -4.05. The molecule has 1 aliphatic rings. The number of hydrogen-bond acceptors (Lipinski definition) is 4. The molecule has 0 atom stereocenters. The molecule has 0 unspecified atom stereocenters. The lowest BCUT2D eigenvalue weighted by molar-refractivity contribution is 0.253. The molecule has 0 fully saturated rings. The second-order valence-corrected chi connectivity index (χ2v) is 8.93. The van der Waals surface area contributed by atoms with Crippen LogP contribution in [0.3, 0.4) is 0 Å². The lowest BCUT2D eigenvalue weighted by Crippen LogP contribution is -2.50. The zero-order chi connectivity index (χ0) is 21.5. The van der Waals surface area contributed by atoms with Gasteiger partial charge in [-0.1, -0.05) is 30.3 Å². The summed E-state index contributed by atoms with van der Waals surface area (Å²) in [5.41, 5.74) is 3.74. The first kappa shape index (κ1) is 20.0. The minimum absolute atomic E-state index is 0.103. The first-order chi connectivity index (χ1) is 14.3. The van der Waals surface area contributed by atoms with Gasteiger partial charge in [0.25, 0.3) is 10.0 Å². The topological polar surface area (TPSA) is 66.9 Å². The molecule has 0 bridgehead atoms. The van der Waals surface area contributed by atoms with Crippen molar-refractivity contribution in [2.75, 3.05) is 16.3 Å². The zero-order valence-electron chi connectivity index (χ0n) is 17.0. The summed E-state index contributed by atoms with van der Waals surface area (Å²) in [6, 6.07) is 18.3. The van der Waals surface area contributed by atoms with Crippen molar-refractivity contribution in [3.63, 3.8) is 0 Å². The monoisotopic (exact) mass is 422 g/mol. The molecule has 7 heteroatoms. The van der Waals surface area contributed by atoms with Crippen LogP contribution in [0.2, 0.25) is 0 Å². The predicted molar refractivity (Wildman–Crippen MR) is 117 cm³/mol. The number of aryl methyl sites for hydroxylation is 2. The third-order valence-electron chi connectivity index (χ3n) is 5.35. The third kappa shape index (κ3) is 3.21. The maximum absolute atomic E-state index is 13.5. The number of benzene rings is 3. The van der Waals surface area contributed by atoms with Gasteiger partial charge >= 0.3 is 6.03 Å². The van der Waals surface area contributed by atoms with Crippen LogP contribution < -0.4 is 13.9 Å². The van der Waals surface area contributed by atoms with Crippen LogP contribution >= 0.6 is 0 Å². The maximum Gasteiger partial charge on any atom is 0.343 e. The zero-order valence-corrected chi connectivity index (χ0v) is 17.8. The Labute approximate surface area is 176 Å². The molecule has 4 rings (SSSR count). The molecule has 6 nitrogen and oxygen atoms in total. The fourth-order valence-electron chi connectivity index (χ4n) is 3.69. The Morgan fingerprint density at radius 2 is 1.50 bits per heavy atom. The number of ether oxygens (including phenoxy) is 1. The highest BCUT2D eigenvalue weighted by molar-refractivity contribution is 7.94. The molecule has 0 aromatic heterocycles. The molecule has 154 valence electrons. The standard InChI is InChI=1S/C23H22N2O4S/c1-16-7-6-8-17(2)20(16)15-24-21-9-4-5-10-22(21)30(27,28)25(23(24)26)18-11-13-19(29-3)14-12-18/h4-14H,15H2,1-3H3. The van der Waals surface area contributed by atoms with Crippen molar-refractivity contribution in [2.45, 2.75) is 25.3 Å². The number of anilines is 2. The Morgan fingerprint density at radius 1 is 0.867 bits per heavy atom. The van der Waals surface area contributed by atoms with E-state index in [1.807, 2.05) is 32.0 Å².